The van der Waals surface area contributed by atoms with Crippen molar-refractivity contribution in [1.29, 1.82) is 0 Å². The first-order valence-electron chi connectivity index (χ1n) is 8.83. The summed E-state index contributed by atoms with van der Waals surface area (Å²) in [5.41, 5.74) is 1.25. The van der Waals surface area contributed by atoms with E-state index in [4.69, 9.17) is 0 Å². The van der Waals surface area contributed by atoms with E-state index in [1.807, 2.05) is 6.07 Å². The molecule has 22 heavy (non-hydrogen) atoms. The van der Waals surface area contributed by atoms with Crippen LogP contribution in [0.2, 0.25) is 0 Å². The van der Waals surface area contributed by atoms with E-state index in [1.54, 1.807) is 12.1 Å². The van der Waals surface area contributed by atoms with E-state index in [-0.39, 0.29) is 11.3 Å². The maximum atomic E-state index is 9.53. The van der Waals surface area contributed by atoms with Crippen LogP contribution in [0, 0.1) is 0 Å². The number of unbranched alkanes of at least 4 members (excludes halogenated alkanes) is 9. The van der Waals surface area contributed by atoms with Gasteiger partial charge in [-0.1, -0.05) is 70.8 Å². The lowest BCUT2D eigenvalue weighted by Gasteiger charge is -2.09. The van der Waals surface area contributed by atoms with Crippen molar-refractivity contribution in [3.05, 3.63) is 29.3 Å². The van der Waals surface area contributed by atoms with Gasteiger partial charge in [0.05, 0.1) is 0 Å². The highest BCUT2D eigenvalue weighted by molar-refractivity contribution is 5.36. The second kappa shape index (κ2) is 11.5. The lowest BCUT2D eigenvalue weighted by Crippen LogP contribution is -1.97. The molecule has 3 nitrogen and oxygen atoms in total. The van der Waals surface area contributed by atoms with E-state index in [2.05, 4.69) is 6.92 Å². The fraction of sp³-hybridized carbons (Fsp3) is 0.684. The molecule has 0 amide bonds. The minimum atomic E-state index is -1.60. The standard InChI is InChI=1S/C19H32O3/c1-2-3-4-5-6-7-8-9-10-11-12-16-13-14-18(20)17(15-16)19(21)22/h13-15,19-22H,2-12H2,1H3. The molecule has 3 heteroatoms. The third-order valence-electron chi connectivity index (χ3n) is 4.19. The normalized spacial score (nSPS) is 11.3. The molecule has 3 N–H and O–H groups in total. The molecule has 1 aromatic rings. The van der Waals surface area contributed by atoms with Crippen LogP contribution in [0.15, 0.2) is 18.2 Å². The van der Waals surface area contributed by atoms with Crippen molar-refractivity contribution in [2.45, 2.75) is 83.8 Å². The molecule has 0 heterocycles. The molecule has 0 aliphatic heterocycles. The van der Waals surface area contributed by atoms with Crippen molar-refractivity contribution in [2.24, 2.45) is 0 Å². The summed E-state index contributed by atoms with van der Waals surface area (Å²) in [4.78, 5) is 0. The Bertz CT molecular complexity index is 402. The molecule has 1 rings (SSSR count). The van der Waals surface area contributed by atoms with Crippen LogP contribution in [0.1, 0.15) is 88.5 Å². The lowest BCUT2D eigenvalue weighted by molar-refractivity contribution is -0.0439. The van der Waals surface area contributed by atoms with Crippen molar-refractivity contribution in [3.63, 3.8) is 0 Å². The van der Waals surface area contributed by atoms with Gasteiger partial charge in [0.2, 0.25) is 0 Å². The summed E-state index contributed by atoms with van der Waals surface area (Å²) in [5, 5.41) is 27.9. The highest BCUT2D eigenvalue weighted by Gasteiger charge is 2.09. The maximum absolute atomic E-state index is 9.53. The third kappa shape index (κ3) is 7.81. The van der Waals surface area contributed by atoms with Crippen LogP contribution in [0.3, 0.4) is 0 Å². The van der Waals surface area contributed by atoms with Gasteiger partial charge in [0.1, 0.15) is 5.75 Å². The van der Waals surface area contributed by atoms with Crippen molar-refractivity contribution in [3.8, 4) is 5.75 Å². The number of aromatic hydroxyl groups is 1. The molecule has 1 aromatic carbocycles. The predicted molar refractivity (Wildman–Crippen MR) is 90.8 cm³/mol. The zero-order valence-corrected chi connectivity index (χ0v) is 13.9. The van der Waals surface area contributed by atoms with Gasteiger partial charge in [0.25, 0.3) is 0 Å². The van der Waals surface area contributed by atoms with Crippen LogP contribution in [-0.2, 0) is 6.42 Å². The Labute approximate surface area is 135 Å². The number of rotatable bonds is 12. The minimum Gasteiger partial charge on any atom is -0.507 e. The predicted octanol–water partition coefficient (Wildman–Crippen LogP) is 4.84. The molecule has 0 saturated carbocycles. The van der Waals surface area contributed by atoms with Crippen LogP contribution in [-0.4, -0.2) is 15.3 Å². The lowest BCUT2D eigenvalue weighted by atomic mass is 10.0. The van der Waals surface area contributed by atoms with Gasteiger partial charge >= 0.3 is 0 Å². The van der Waals surface area contributed by atoms with Gasteiger partial charge in [-0.15, -0.1) is 0 Å². The van der Waals surface area contributed by atoms with E-state index >= 15 is 0 Å². The average Bonchev–Trinajstić information content (AvgIpc) is 2.50. The Morgan fingerprint density at radius 2 is 1.36 bits per heavy atom. The van der Waals surface area contributed by atoms with Crippen LogP contribution >= 0.6 is 0 Å². The summed E-state index contributed by atoms with van der Waals surface area (Å²) >= 11 is 0. The molecule has 0 aliphatic rings. The highest BCUT2D eigenvalue weighted by Crippen LogP contribution is 2.24. The van der Waals surface area contributed by atoms with Gasteiger partial charge in [-0.25, -0.2) is 0 Å². The number of hydrogen-bond donors (Lipinski definition) is 3. The smallest absolute Gasteiger partial charge is 0.182 e. The van der Waals surface area contributed by atoms with E-state index in [0.717, 1.165) is 18.4 Å². The van der Waals surface area contributed by atoms with Gasteiger partial charge in [-0.3, -0.25) is 0 Å². The topological polar surface area (TPSA) is 60.7 Å². The zero-order chi connectivity index (χ0) is 16.2. The highest BCUT2D eigenvalue weighted by atomic mass is 16.5. The molecular weight excluding hydrogens is 276 g/mol. The number of phenols is 1. The Kier molecular flexibility index (Phi) is 9.93. The third-order valence-corrected chi connectivity index (χ3v) is 4.19. The van der Waals surface area contributed by atoms with E-state index < -0.39 is 6.29 Å². The summed E-state index contributed by atoms with van der Waals surface area (Å²) in [6.07, 6.45) is 12.4. The molecule has 126 valence electrons. The van der Waals surface area contributed by atoms with Gasteiger partial charge in [-0.05, 0) is 30.5 Å². The molecular formula is C19H32O3. The molecule has 0 unspecified atom stereocenters. The Hall–Kier alpha value is -1.06. The van der Waals surface area contributed by atoms with Crippen molar-refractivity contribution < 1.29 is 15.3 Å². The van der Waals surface area contributed by atoms with Crippen molar-refractivity contribution in [1.82, 2.24) is 0 Å². The molecule has 0 aliphatic carbocycles. The van der Waals surface area contributed by atoms with E-state index in [1.165, 1.54) is 57.8 Å². The monoisotopic (exact) mass is 308 g/mol. The summed E-state index contributed by atoms with van der Waals surface area (Å²) < 4.78 is 0. The number of aryl methyl sites for hydroxylation is 1. The molecule has 0 saturated heterocycles. The van der Waals surface area contributed by atoms with Crippen molar-refractivity contribution in [2.75, 3.05) is 0 Å². The first kappa shape index (κ1) is 19.0. The first-order chi connectivity index (χ1) is 10.6. The fourth-order valence-corrected chi connectivity index (χ4v) is 2.78. The van der Waals surface area contributed by atoms with Gasteiger partial charge < -0.3 is 15.3 Å². The molecule has 0 bridgehead atoms. The summed E-state index contributed by atoms with van der Waals surface area (Å²) in [5.74, 6) is -0.0539. The molecule has 0 fully saturated rings. The molecule has 0 aromatic heterocycles. The van der Waals surface area contributed by atoms with Crippen LogP contribution in [0.4, 0.5) is 0 Å². The number of benzene rings is 1. The number of aliphatic hydroxyl groups excluding tert-OH is 1. The maximum Gasteiger partial charge on any atom is 0.182 e. The second-order valence-electron chi connectivity index (χ2n) is 6.20. The quantitative estimate of drug-likeness (QED) is 0.382. The van der Waals surface area contributed by atoms with Gasteiger partial charge in [0, 0.05) is 5.56 Å². The number of phenolic OH excluding ortho intramolecular Hbond substituents is 1. The number of hydrogen-bond acceptors (Lipinski definition) is 3. The van der Waals surface area contributed by atoms with Gasteiger partial charge in [-0.2, -0.15) is 0 Å². The van der Waals surface area contributed by atoms with Gasteiger partial charge in [0.15, 0.2) is 6.29 Å². The Balaban J connectivity index is 2.09. The first-order valence-corrected chi connectivity index (χ1v) is 8.83. The van der Waals surface area contributed by atoms with Crippen LogP contribution < -0.4 is 0 Å². The summed E-state index contributed by atoms with van der Waals surface area (Å²) in [6, 6.07) is 5.09. The zero-order valence-electron chi connectivity index (χ0n) is 13.9. The summed E-state index contributed by atoms with van der Waals surface area (Å²) in [6.45, 7) is 2.25. The SMILES string of the molecule is CCCCCCCCCCCCc1ccc(O)c(C(O)O)c1. The van der Waals surface area contributed by atoms with Crippen molar-refractivity contribution >= 4 is 0 Å². The summed E-state index contributed by atoms with van der Waals surface area (Å²) in [7, 11) is 0. The molecule has 0 atom stereocenters. The molecule has 0 radical (unpaired) electrons. The Morgan fingerprint density at radius 3 is 1.91 bits per heavy atom. The second-order valence-corrected chi connectivity index (χ2v) is 6.20. The van der Waals surface area contributed by atoms with Crippen LogP contribution in [0.25, 0.3) is 0 Å². The number of aliphatic hydroxyl groups is 2. The molecule has 0 spiro atoms. The van der Waals surface area contributed by atoms with E-state index in [0.29, 0.717) is 0 Å². The Morgan fingerprint density at radius 1 is 0.818 bits per heavy atom. The average molecular weight is 308 g/mol. The van der Waals surface area contributed by atoms with Crippen LogP contribution in [0.5, 0.6) is 5.75 Å². The largest absolute Gasteiger partial charge is 0.507 e. The fourth-order valence-electron chi connectivity index (χ4n) is 2.78. The minimum absolute atomic E-state index is 0.0539. The van der Waals surface area contributed by atoms with E-state index in [9.17, 15) is 15.3 Å².